The molecule has 1 unspecified atom stereocenters. The van der Waals surface area contributed by atoms with E-state index >= 15 is 0 Å². The van der Waals surface area contributed by atoms with Gasteiger partial charge in [0.2, 0.25) is 0 Å². The molecule has 0 bridgehead atoms. The summed E-state index contributed by atoms with van der Waals surface area (Å²) in [5, 5.41) is -1.93. The molecule has 22 heavy (non-hydrogen) atoms. The van der Waals surface area contributed by atoms with Crippen molar-refractivity contribution < 1.29 is 32.0 Å². The third-order valence-electron chi connectivity index (χ3n) is 3.02. The summed E-state index contributed by atoms with van der Waals surface area (Å²) in [5.74, 6) is -1.99. The first-order valence-corrected chi connectivity index (χ1v) is 9.11. The molecule has 0 aliphatic rings. The Morgan fingerprint density at radius 3 is 2.14 bits per heavy atom. The van der Waals surface area contributed by atoms with E-state index in [2.05, 4.69) is 11.7 Å². The topological polar surface area (TPSA) is 107 Å². The van der Waals surface area contributed by atoms with Crippen molar-refractivity contribution in [2.75, 3.05) is 13.2 Å². The Morgan fingerprint density at radius 2 is 1.59 bits per heavy atom. The van der Waals surface area contributed by atoms with E-state index in [-0.39, 0.29) is 13.2 Å². The summed E-state index contributed by atoms with van der Waals surface area (Å²) in [6, 6.07) is 0. The van der Waals surface area contributed by atoms with Gasteiger partial charge in [-0.3, -0.25) is 14.1 Å². The Labute approximate surface area is 132 Å². The number of carbonyl (C=O) groups excluding carboxylic acids is 2. The molecule has 0 saturated heterocycles. The predicted octanol–water partition coefficient (Wildman–Crippen LogP) is 2.10. The highest BCUT2D eigenvalue weighted by molar-refractivity contribution is 7.87. The van der Waals surface area contributed by atoms with Gasteiger partial charge in [-0.15, -0.1) is 0 Å². The van der Waals surface area contributed by atoms with Gasteiger partial charge < -0.3 is 9.47 Å². The molecule has 0 amide bonds. The molecule has 0 rings (SSSR count). The molecular formula is C14H26O7S. The monoisotopic (exact) mass is 338 g/mol. The zero-order valence-corrected chi connectivity index (χ0v) is 14.1. The van der Waals surface area contributed by atoms with Crippen LogP contribution in [0.4, 0.5) is 0 Å². The van der Waals surface area contributed by atoms with Crippen molar-refractivity contribution in [1.82, 2.24) is 0 Å². The summed E-state index contributed by atoms with van der Waals surface area (Å²) in [6.45, 7) is 3.75. The number of rotatable bonds is 12. The van der Waals surface area contributed by atoms with Crippen LogP contribution in [0.5, 0.6) is 0 Å². The van der Waals surface area contributed by atoms with E-state index in [1.54, 1.807) is 0 Å². The number of ether oxygens (including phenoxy) is 2. The lowest BCUT2D eigenvalue weighted by atomic mass is 10.1. The van der Waals surface area contributed by atoms with Crippen molar-refractivity contribution in [1.29, 1.82) is 0 Å². The second-order valence-electron chi connectivity index (χ2n) is 4.95. The maximum atomic E-state index is 11.5. The molecule has 0 spiro atoms. The van der Waals surface area contributed by atoms with Crippen LogP contribution in [0.1, 0.15) is 58.8 Å². The van der Waals surface area contributed by atoms with Crippen LogP contribution in [0, 0.1) is 0 Å². The van der Waals surface area contributed by atoms with Crippen molar-refractivity contribution in [2.45, 2.75) is 64.0 Å². The third-order valence-corrected chi connectivity index (χ3v) is 4.10. The largest absolute Gasteiger partial charge is 0.466 e. The van der Waals surface area contributed by atoms with Crippen LogP contribution in [-0.2, 0) is 29.2 Å². The standard InChI is InChI=1S/C14H26O7S/c1-3-5-6-7-8-9-10-21-13(15)11-12(22(17,18)19)14(16)20-4-2/h12H,3-11H2,1-2H3,(H,17,18,19). The van der Waals surface area contributed by atoms with E-state index in [1.165, 1.54) is 13.3 Å². The minimum absolute atomic E-state index is 0.0440. The van der Waals surface area contributed by atoms with Crippen molar-refractivity contribution in [3.05, 3.63) is 0 Å². The van der Waals surface area contributed by atoms with Crippen molar-refractivity contribution in [3.63, 3.8) is 0 Å². The second kappa shape index (κ2) is 11.4. The van der Waals surface area contributed by atoms with E-state index in [4.69, 9.17) is 9.29 Å². The van der Waals surface area contributed by atoms with Gasteiger partial charge in [-0.25, -0.2) is 0 Å². The van der Waals surface area contributed by atoms with Crippen LogP contribution in [0.15, 0.2) is 0 Å². The summed E-state index contributed by atoms with van der Waals surface area (Å²) in [5.41, 5.74) is 0. The highest BCUT2D eigenvalue weighted by Crippen LogP contribution is 2.10. The van der Waals surface area contributed by atoms with Gasteiger partial charge in [-0.05, 0) is 13.3 Å². The molecule has 0 aromatic rings. The van der Waals surface area contributed by atoms with Crippen molar-refractivity contribution >= 4 is 22.1 Å². The number of hydrogen-bond donors (Lipinski definition) is 1. The van der Waals surface area contributed by atoms with E-state index in [0.717, 1.165) is 25.7 Å². The van der Waals surface area contributed by atoms with Gasteiger partial charge in [0.25, 0.3) is 10.1 Å². The Balaban J connectivity index is 4.12. The zero-order chi connectivity index (χ0) is 17.0. The van der Waals surface area contributed by atoms with E-state index in [1.807, 2.05) is 0 Å². The summed E-state index contributed by atoms with van der Waals surface area (Å²) >= 11 is 0. The first-order chi connectivity index (χ1) is 10.3. The third kappa shape index (κ3) is 9.73. The summed E-state index contributed by atoms with van der Waals surface area (Å²) in [6.07, 6.45) is 5.39. The van der Waals surface area contributed by atoms with Crippen LogP contribution < -0.4 is 0 Å². The molecule has 0 heterocycles. The lowest BCUT2D eigenvalue weighted by Crippen LogP contribution is -2.34. The Morgan fingerprint density at radius 1 is 1.00 bits per heavy atom. The molecule has 0 fully saturated rings. The van der Waals surface area contributed by atoms with Gasteiger partial charge in [0, 0.05) is 0 Å². The van der Waals surface area contributed by atoms with Crippen LogP contribution in [-0.4, -0.2) is 43.4 Å². The molecule has 0 aromatic heterocycles. The minimum Gasteiger partial charge on any atom is -0.466 e. The summed E-state index contributed by atoms with van der Waals surface area (Å²) < 4.78 is 40.6. The molecule has 7 nitrogen and oxygen atoms in total. The van der Waals surface area contributed by atoms with Crippen LogP contribution >= 0.6 is 0 Å². The van der Waals surface area contributed by atoms with Gasteiger partial charge in [0.1, 0.15) is 0 Å². The maximum Gasteiger partial charge on any atom is 0.327 e. The smallest absolute Gasteiger partial charge is 0.327 e. The fourth-order valence-corrected chi connectivity index (χ4v) is 2.48. The lowest BCUT2D eigenvalue weighted by molar-refractivity contribution is -0.149. The molecule has 0 aromatic carbocycles. The number of esters is 2. The molecule has 130 valence electrons. The molecule has 0 saturated carbocycles. The van der Waals surface area contributed by atoms with Crippen LogP contribution in [0.2, 0.25) is 0 Å². The van der Waals surface area contributed by atoms with Gasteiger partial charge in [0.15, 0.2) is 5.25 Å². The van der Waals surface area contributed by atoms with Gasteiger partial charge in [-0.2, -0.15) is 8.42 Å². The molecule has 8 heteroatoms. The van der Waals surface area contributed by atoms with Crippen molar-refractivity contribution in [3.8, 4) is 0 Å². The van der Waals surface area contributed by atoms with E-state index < -0.39 is 33.7 Å². The highest BCUT2D eigenvalue weighted by atomic mass is 32.2. The average Bonchev–Trinajstić information content (AvgIpc) is 2.42. The SMILES string of the molecule is CCCCCCCCOC(=O)CC(C(=O)OCC)S(=O)(=O)O. The Hall–Kier alpha value is -1.15. The first-order valence-electron chi connectivity index (χ1n) is 7.61. The van der Waals surface area contributed by atoms with Gasteiger partial charge in [-0.1, -0.05) is 39.0 Å². The van der Waals surface area contributed by atoms with Crippen LogP contribution in [0.3, 0.4) is 0 Å². The minimum atomic E-state index is -4.70. The fraction of sp³-hybridized carbons (Fsp3) is 0.857. The van der Waals surface area contributed by atoms with Gasteiger partial charge in [0.05, 0.1) is 19.6 Å². The molecule has 1 N–H and O–H groups in total. The number of unbranched alkanes of at least 4 members (excludes halogenated alkanes) is 5. The predicted molar refractivity (Wildman–Crippen MR) is 80.9 cm³/mol. The number of hydrogen-bond acceptors (Lipinski definition) is 6. The lowest BCUT2D eigenvalue weighted by Gasteiger charge is -2.12. The molecule has 0 aliphatic carbocycles. The fourth-order valence-electron chi connectivity index (χ4n) is 1.82. The average molecular weight is 338 g/mol. The van der Waals surface area contributed by atoms with E-state index in [9.17, 15) is 18.0 Å². The normalized spacial score (nSPS) is 12.7. The highest BCUT2D eigenvalue weighted by Gasteiger charge is 2.35. The van der Waals surface area contributed by atoms with Crippen molar-refractivity contribution in [2.24, 2.45) is 0 Å². The molecule has 0 aliphatic heterocycles. The van der Waals surface area contributed by atoms with E-state index in [0.29, 0.717) is 6.42 Å². The quantitative estimate of drug-likeness (QED) is 0.330. The Bertz CT molecular complexity index is 430. The molecular weight excluding hydrogens is 312 g/mol. The Kier molecular flexibility index (Phi) is 10.8. The first kappa shape index (κ1) is 20.9. The van der Waals surface area contributed by atoms with Crippen LogP contribution in [0.25, 0.3) is 0 Å². The van der Waals surface area contributed by atoms with Gasteiger partial charge >= 0.3 is 11.9 Å². The summed E-state index contributed by atoms with van der Waals surface area (Å²) in [4.78, 5) is 23.0. The molecule has 1 atom stereocenters. The molecule has 0 radical (unpaired) electrons. The maximum absolute atomic E-state index is 11.5. The number of carbonyl (C=O) groups is 2. The zero-order valence-electron chi connectivity index (χ0n) is 13.2. The summed E-state index contributed by atoms with van der Waals surface area (Å²) in [7, 11) is -4.70. The second-order valence-corrected chi connectivity index (χ2v) is 6.55.